The van der Waals surface area contributed by atoms with E-state index < -0.39 is 11.9 Å². The molecular formula is C21H19F3N8O. The van der Waals surface area contributed by atoms with Crippen molar-refractivity contribution in [3.63, 3.8) is 0 Å². The lowest BCUT2D eigenvalue weighted by Crippen LogP contribution is -2.20. The molecular weight excluding hydrogens is 437 g/mol. The van der Waals surface area contributed by atoms with Crippen LogP contribution in [-0.2, 0) is 19.3 Å². The van der Waals surface area contributed by atoms with Crippen molar-refractivity contribution in [3.8, 4) is 0 Å². The number of nitrogens with one attached hydrogen (secondary N) is 1. The molecule has 5 rings (SSSR count). The Morgan fingerprint density at radius 2 is 1.97 bits per heavy atom. The molecule has 9 nitrogen and oxygen atoms in total. The van der Waals surface area contributed by atoms with E-state index in [0.29, 0.717) is 54.4 Å². The van der Waals surface area contributed by atoms with E-state index in [1.54, 1.807) is 33.9 Å². The molecule has 1 N–H and O–H groups in total. The van der Waals surface area contributed by atoms with Gasteiger partial charge in [-0.15, -0.1) is 0 Å². The number of pyridine rings is 1. The molecule has 0 unspecified atom stereocenters. The van der Waals surface area contributed by atoms with Gasteiger partial charge in [0.15, 0.2) is 5.82 Å². The zero-order chi connectivity index (χ0) is 23.2. The van der Waals surface area contributed by atoms with E-state index in [4.69, 9.17) is 0 Å². The molecule has 170 valence electrons. The number of carbonyl (C=O) groups excluding carboxylic acids is 1. The van der Waals surface area contributed by atoms with E-state index in [1.165, 1.54) is 12.3 Å². The van der Waals surface area contributed by atoms with Crippen LogP contribution in [0.4, 0.5) is 24.9 Å². The Morgan fingerprint density at radius 3 is 2.73 bits per heavy atom. The highest BCUT2D eigenvalue weighted by Crippen LogP contribution is 2.29. The Hall–Kier alpha value is -3.96. The third-order valence-corrected chi connectivity index (χ3v) is 5.40. The number of aromatic nitrogens is 6. The van der Waals surface area contributed by atoms with Crippen molar-refractivity contribution in [2.45, 2.75) is 25.7 Å². The second-order valence-electron chi connectivity index (χ2n) is 7.80. The monoisotopic (exact) mass is 456 g/mol. The molecule has 0 saturated heterocycles. The van der Waals surface area contributed by atoms with Gasteiger partial charge in [-0.2, -0.15) is 23.3 Å². The second kappa shape index (κ2) is 7.87. The zero-order valence-electron chi connectivity index (χ0n) is 17.5. The molecule has 0 fully saturated rings. The van der Waals surface area contributed by atoms with Gasteiger partial charge in [-0.25, -0.2) is 4.98 Å². The molecule has 1 aliphatic heterocycles. The van der Waals surface area contributed by atoms with E-state index >= 15 is 0 Å². The fraction of sp³-hybridized carbons (Fsp3) is 0.286. The Balaban J connectivity index is 1.29. The van der Waals surface area contributed by atoms with Gasteiger partial charge < -0.3 is 10.2 Å². The van der Waals surface area contributed by atoms with Gasteiger partial charge >= 0.3 is 6.18 Å². The van der Waals surface area contributed by atoms with Gasteiger partial charge in [0.2, 0.25) is 11.9 Å². The fourth-order valence-electron chi connectivity index (χ4n) is 3.71. The average molecular weight is 456 g/mol. The van der Waals surface area contributed by atoms with E-state index in [9.17, 15) is 18.0 Å². The lowest BCUT2D eigenvalue weighted by molar-refractivity contribution is -0.141. The van der Waals surface area contributed by atoms with Gasteiger partial charge in [0.1, 0.15) is 11.2 Å². The second-order valence-corrected chi connectivity index (χ2v) is 7.80. The molecule has 0 aliphatic carbocycles. The Morgan fingerprint density at radius 1 is 1.12 bits per heavy atom. The molecule has 0 aromatic carbocycles. The summed E-state index contributed by atoms with van der Waals surface area (Å²) in [6, 6.07) is 4.14. The van der Waals surface area contributed by atoms with Crippen LogP contribution < -0.4 is 10.2 Å². The number of anilines is 2. The molecule has 12 heteroatoms. The number of hydrogen-bond donors (Lipinski definition) is 1. The summed E-state index contributed by atoms with van der Waals surface area (Å²) in [5.74, 6) is 1.12. The Kier molecular flexibility index (Phi) is 4.99. The van der Waals surface area contributed by atoms with Crippen LogP contribution in [0.5, 0.6) is 0 Å². The first-order valence-corrected chi connectivity index (χ1v) is 10.2. The topological polar surface area (TPSA) is 93.8 Å². The van der Waals surface area contributed by atoms with Crippen molar-refractivity contribution in [2.75, 3.05) is 23.8 Å². The van der Waals surface area contributed by atoms with Crippen molar-refractivity contribution in [3.05, 3.63) is 59.8 Å². The van der Waals surface area contributed by atoms with Crippen LogP contribution in [0.15, 0.2) is 43.0 Å². The van der Waals surface area contributed by atoms with Crippen molar-refractivity contribution >= 4 is 28.7 Å². The molecule has 0 atom stereocenters. The number of halogens is 3. The molecule has 0 radical (unpaired) electrons. The summed E-state index contributed by atoms with van der Waals surface area (Å²) >= 11 is 0. The third-order valence-electron chi connectivity index (χ3n) is 5.40. The summed E-state index contributed by atoms with van der Waals surface area (Å²) in [5, 5.41) is 7.44. The van der Waals surface area contributed by atoms with Gasteiger partial charge in [0.05, 0.1) is 18.3 Å². The van der Waals surface area contributed by atoms with Crippen LogP contribution in [0.2, 0.25) is 0 Å². The molecule has 0 amide bonds. The van der Waals surface area contributed by atoms with Gasteiger partial charge in [0.25, 0.3) is 0 Å². The maximum absolute atomic E-state index is 12.7. The number of hydrogen-bond acceptors (Lipinski definition) is 7. The van der Waals surface area contributed by atoms with E-state index in [0.717, 1.165) is 11.6 Å². The maximum atomic E-state index is 12.7. The SMILES string of the molecule is CN1CCC(=O)n2ccc3nc(NCc4cnn(Cc5ccc(C(F)(F)F)nc5)c4)nc1c32. The average Bonchev–Trinajstić information content (AvgIpc) is 3.39. The first kappa shape index (κ1) is 20.9. The van der Waals surface area contributed by atoms with E-state index in [1.807, 2.05) is 11.9 Å². The number of nitrogens with zero attached hydrogens (tertiary/aromatic N) is 7. The van der Waals surface area contributed by atoms with Crippen molar-refractivity contribution in [1.29, 1.82) is 0 Å². The molecule has 0 bridgehead atoms. The molecule has 0 saturated carbocycles. The first-order chi connectivity index (χ1) is 15.8. The summed E-state index contributed by atoms with van der Waals surface area (Å²) in [6.45, 7) is 1.27. The predicted molar refractivity (Wildman–Crippen MR) is 114 cm³/mol. The maximum Gasteiger partial charge on any atom is 0.433 e. The minimum atomic E-state index is -4.46. The molecule has 4 aromatic rings. The minimum Gasteiger partial charge on any atom is -0.357 e. The first-order valence-electron chi connectivity index (χ1n) is 10.2. The summed E-state index contributed by atoms with van der Waals surface area (Å²) in [6.07, 6.45) is 2.31. The van der Waals surface area contributed by atoms with Crippen LogP contribution in [0, 0.1) is 0 Å². The highest BCUT2D eigenvalue weighted by Gasteiger charge is 2.32. The van der Waals surface area contributed by atoms with Crippen LogP contribution in [0.25, 0.3) is 11.0 Å². The van der Waals surface area contributed by atoms with Crippen LogP contribution >= 0.6 is 0 Å². The van der Waals surface area contributed by atoms with Gasteiger partial charge in [-0.3, -0.25) is 19.0 Å². The lowest BCUT2D eigenvalue weighted by atomic mass is 10.2. The molecule has 1 aliphatic rings. The largest absolute Gasteiger partial charge is 0.433 e. The van der Waals surface area contributed by atoms with Gasteiger partial charge in [-0.05, 0) is 17.7 Å². The number of carbonyl (C=O) groups is 1. The molecule has 33 heavy (non-hydrogen) atoms. The summed E-state index contributed by atoms with van der Waals surface area (Å²) in [4.78, 5) is 26.8. The summed E-state index contributed by atoms with van der Waals surface area (Å²) < 4.78 is 41.2. The normalized spacial score (nSPS) is 14.1. The lowest BCUT2D eigenvalue weighted by Gasteiger charge is -2.16. The third kappa shape index (κ3) is 4.11. The minimum absolute atomic E-state index is 0.00979. The van der Waals surface area contributed by atoms with Crippen molar-refractivity contribution < 1.29 is 18.0 Å². The van der Waals surface area contributed by atoms with Gasteiger partial charge in [0, 0.05) is 50.7 Å². The van der Waals surface area contributed by atoms with Crippen LogP contribution in [-0.4, -0.2) is 48.8 Å². The van der Waals surface area contributed by atoms with Crippen molar-refractivity contribution in [1.82, 2.24) is 29.3 Å². The summed E-state index contributed by atoms with van der Waals surface area (Å²) in [5.41, 5.74) is 1.91. The standard InChI is InChI=1S/C21H19F3N8O/c1-30-6-5-17(33)32-7-4-15-18(32)19(30)29-20(28-15)26-9-14-10-27-31(12-14)11-13-2-3-16(25-8-13)21(22,23)24/h2-4,7-8,10,12H,5-6,9,11H2,1H3,(H,26,28,29). The number of alkyl halides is 3. The molecule has 0 spiro atoms. The van der Waals surface area contributed by atoms with Crippen LogP contribution in [0.3, 0.4) is 0 Å². The Bertz CT molecular complexity index is 1330. The zero-order valence-corrected chi connectivity index (χ0v) is 17.5. The Labute approximate surface area is 185 Å². The molecule has 5 heterocycles. The highest BCUT2D eigenvalue weighted by molar-refractivity contribution is 5.98. The molecule has 4 aromatic heterocycles. The van der Waals surface area contributed by atoms with Crippen molar-refractivity contribution in [2.24, 2.45) is 0 Å². The smallest absolute Gasteiger partial charge is 0.357 e. The van der Waals surface area contributed by atoms with Crippen LogP contribution in [0.1, 0.15) is 28.0 Å². The predicted octanol–water partition coefficient (Wildman–Crippen LogP) is 3.18. The highest BCUT2D eigenvalue weighted by atomic mass is 19.4. The van der Waals surface area contributed by atoms with E-state index in [2.05, 4.69) is 25.4 Å². The van der Waals surface area contributed by atoms with E-state index in [-0.39, 0.29) is 5.91 Å². The number of rotatable bonds is 5. The fourth-order valence-corrected chi connectivity index (χ4v) is 3.71. The van der Waals surface area contributed by atoms with Gasteiger partial charge in [-0.1, -0.05) is 6.07 Å². The quantitative estimate of drug-likeness (QED) is 0.493. The summed E-state index contributed by atoms with van der Waals surface area (Å²) in [7, 11) is 1.89.